The number of hydrogen-bond donors (Lipinski definition) is 2. The van der Waals surface area contributed by atoms with Crippen LogP contribution in [-0.4, -0.2) is 36.2 Å². The van der Waals surface area contributed by atoms with Crippen LogP contribution in [0.3, 0.4) is 0 Å². The zero-order chi connectivity index (χ0) is 26.3. The van der Waals surface area contributed by atoms with E-state index in [-0.39, 0.29) is 17.5 Å². The molecule has 5 aromatic rings. The van der Waals surface area contributed by atoms with Crippen LogP contribution in [0, 0.1) is 6.92 Å². The normalized spacial score (nSPS) is 11.7. The second-order valence-corrected chi connectivity index (χ2v) is 8.49. The molecule has 0 aliphatic carbocycles. The van der Waals surface area contributed by atoms with Crippen LogP contribution in [0.5, 0.6) is 0 Å². The van der Waals surface area contributed by atoms with Gasteiger partial charge in [-0.05, 0) is 60.5 Å². The fourth-order valence-electron chi connectivity index (χ4n) is 4.10. The van der Waals surface area contributed by atoms with Crippen LogP contribution in [0.1, 0.15) is 11.1 Å². The fourth-order valence-corrected chi connectivity index (χ4v) is 4.17. The van der Waals surface area contributed by atoms with Crippen molar-refractivity contribution in [3.05, 3.63) is 78.1 Å². The van der Waals surface area contributed by atoms with E-state index in [9.17, 15) is 18.0 Å². The van der Waals surface area contributed by atoms with Gasteiger partial charge in [0, 0.05) is 23.0 Å². The Morgan fingerprint density at radius 2 is 1.89 bits per heavy atom. The molecule has 0 saturated heterocycles. The van der Waals surface area contributed by atoms with E-state index in [2.05, 4.69) is 20.5 Å². The molecule has 3 N–H and O–H groups in total. The van der Waals surface area contributed by atoms with Crippen LogP contribution in [0.2, 0.25) is 0 Å². The van der Waals surface area contributed by atoms with E-state index >= 15 is 0 Å². The molecule has 0 unspecified atom stereocenters. The molecule has 3 heterocycles. The van der Waals surface area contributed by atoms with Crippen LogP contribution in [0.25, 0.3) is 33.7 Å². The summed E-state index contributed by atoms with van der Waals surface area (Å²) in [5, 5.41) is 11.2. The van der Waals surface area contributed by atoms with Crippen molar-refractivity contribution >= 4 is 34.8 Å². The molecular weight excluding hydrogens is 507 g/mol. The van der Waals surface area contributed by atoms with Crippen molar-refractivity contribution in [2.45, 2.75) is 13.1 Å². The Labute approximate surface area is 213 Å². The van der Waals surface area contributed by atoms with Crippen molar-refractivity contribution in [2.24, 2.45) is 0 Å². The molecule has 0 bridgehead atoms. The van der Waals surface area contributed by atoms with Gasteiger partial charge in [0.25, 0.3) is 0 Å². The molecule has 0 radical (unpaired) electrons. The lowest BCUT2D eigenvalue weighted by Crippen LogP contribution is -2.13. The number of nitrogens with two attached hydrogens (primary N) is 1. The van der Waals surface area contributed by atoms with Gasteiger partial charge in [-0.15, -0.1) is 16.7 Å². The number of fused-ring (bicyclic) bond motifs is 1. The highest BCUT2D eigenvalue weighted by molar-refractivity contribution is 6.28. The van der Waals surface area contributed by atoms with Gasteiger partial charge >= 0.3 is 6.18 Å². The lowest BCUT2D eigenvalue weighted by atomic mass is 9.95. The van der Waals surface area contributed by atoms with Crippen molar-refractivity contribution < 1.29 is 18.0 Å². The maximum Gasteiger partial charge on any atom is 0.416 e. The predicted molar refractivity (Wildman–Crippen MR) is 134 cm³/mol. The summed E-state index contributed by atoms with van der Waals surface area (Å²) in [4.78, 5) is 16.2. The van der Waals surface area contributed by atoms with Crippen molar-refractivity contribution in [2.75, 3.05) is 16.9 Å². The number of hydrogen-bond acceptors (Lipinski definition) is 5. The predicted octanol–water partition coefficient (Wildman–Crippen LogP) is 5.34. The number of amides is 1. The molecule has 37 heavy (non-hydrogen) atoms. The zero-order valence-corrected chi connectivity index (χ0v) is 20.0. The molecule has 5 rings (SSSR count). The number of nitrogens with zero attached hydrogens (tertiary/aromatic N) is 5. The summed E-state index contributed by atoms with van der Waals surface area (Å²) in [6.07, 6.45) is -1.22. The average molecular weight is 526 g/mol. The molecule has 0 aliphatic heterocycles. The summed E-state index contributed by atoms with van der Waals surface area (Å²) in [5.41, 5.74) is 9.30. The topological polar surface area (TPSA) is 103 Å². The first-order chi connectivity index (χ1) is 17.7. The number of aromatic nitrogens is 5. The SMILES string of the molecule is Cc1c(-c2ccnn2-c2ccc(N)cc2)cn2nc(NC(=O)CCl)nc2c1-c1cccc(C(F)(F)F)c1. The van der Waals surface area contributed by atoms with E-state index in [1.165, 1.54) is 10.6 Å². The van der Waals surface area contributed by atoms with Gasteiger partial charge in [-0.1, -0.05) is 12.1 Å². The number of alkyl halides is 4. The highest BCUT2D eigenvalue weighted by Gasteiger charge is 2.31. The van der Waals surface area contributed by atoms with Crippen LogP contribution in [-0.2, 0) is 11.0 Å². The largest absolute Gasteiger partial charge is 0.416 e. The molecule has 0 aliphatic rings. The van der Waals surface area contributed by atoms with E-state index in [0.717, 1.165) is 17.8 Å². The smallest absolute Gasteiger partial charge is 0.399 e. The maximum atomic E-state index is 13.5. The fraction of sp³-hybridized carbons (Fsp3) is 0.120. The molecular formula is C25H19ClF3N7O. The lowest BCUT2D eigenvalue weighted by Gasteiger charge is -2.16. The third-order valence-corrected chi connectivity index (χ3v) is 6.04. The highest BCUT2D eigenvalue weighted by atomic mass is 35.5. The highest BCUT2D eigenvalue weighted by Crippen LogP contribution is 2.38. The summed E-state index contributed by atoms with van der Waals surface area (Å²) in [6.45, 7) is 1.79. The lowest BCUT2D eigenvalue weighted by molar-refractivity contribution is -0.137. The first kappa shape index (κ1) is 24.3. The first-order valence-electron chi connectivity index (χ1n) is 11.0. The average Bonchev–Trinajstić information content (AvgIpc) is 3.50. The quantitative estimate of drug-likeness (QED) is 0.238. The second kappa shape index (κ2) is 9.25. The summed E-state index contributed by atoms with van der Waals surface area (Å²) in [5.74, 6) is -0.847. The van der Waals surface area contributed by atoms with Crippen molar-refractivity contribution in [1.82, 2.24) is 24.4 Å². The molecule has 2 aromatic carbocycles. The molecule has 3 aromatic heterocycles. The molecule has 12 heteroatoms. The van der Waals surface area contributed by atoms with Crippen LogP contribution >= 0.6 is 11.6 Å². The summed E-state index contributed by atoms with van der Waals surface area (Å²) < 4.78 is 43.7. The molecule has 1 amide bonds. The minimum atomic E-state index is -4.53. The molecule has 0 saturated carbocycles. The zero-order valence-electron chi connectivity index (χ0n) is 19.3. The number of rotatable bonds is 5. The second-order valence-electron chi connectivity index (χ2n) is 8.23. The van der Waals surface area contributed by atoms with Gasteiger partial charge in [-0.3, -0.25) is 10.1 Å². The number of benzene rings is 2. The van der Waals surface area contributed by atoms with Crippen molar-refractivity contribution in [3.8, 4) is 28.1 Å². The van der Waals surface area contributed by atoms with Gasteiger partial charge in [-0.25, -0.2) is 9.20 Å². The van der Waals surface area contributed by atoms with Crippen LogP contribution in [0.4, 0.5) is 24.8 Å². The Morgan fingerprint density at radius 3 is 2.59 bits per heavy atom. The van der Waals surface area contributed by atoms with E-state index in [1.54, 1.807) is 48.3 Å². The number of halogens is 4. The van der Waals surface area contributed by atoms with Gasteiger partial charge in [0.2, 0.25) is 11.9 Å². The number of carbonyl (C=O) groups is 1. The minimum Gasteiger partial charge on any atom is -0.399 e. The Bertz CT molecular complexity index is 1620. The molecule has 0 fully saturated rings. The van der Waals surface area contributed by atoms with E-state index in [4.69, 9.17) is 17.3 Å². The Balaban J connectivity index is 1.76. The number of anilines is 2. The van der Waals surface area contributed by atoms with Crippen molar-refractivity contribution in [3.63, 3.8) is 0 Å². The maximum absolute atomic E-state index is 13.5. The van der Waals surface area contributed by atoms with Crippen LogP contribution < -0.4 is 11.1 Å². The van der Waals surface area contributed by atoms with Crippen molar-refractivity contribution in [1.29, 1.82) is 0 Å². The van der Waals surface area contributed by atoms with E-state index in [0.29, 0.717) is 33.6 Å². The molecule has 8 nitrogen and oxygen atoms in total. The Kier molecular flexibility index (Phi) is 6.08. The minimum absolute atomic E-state index is 0.0255. The molecule has 188 valence electrons. The van der Waals surface area contributed by atoms with Gasteiger partial charge in [0.15, 0.2) is 5.65 Å². The molecule has 0 atom stereocenters. The third-order valence-electron chi connectivity index (χ3n) is 5.79. The number of nitrogens with one attached hydrogen (secondary N) is 1. The Hall–Kier alpha value is -4.38. The van der Waals surface area contributed by atoms with E-state index < -0.39 is 17.6 Å². The summed E-state index contributed by atoms with van der Waals surface area (Å²) in [6, 6.07) is 13.9. The monoisotopic (exact) mass is 525 g/mol. The Morgan fingerprint density at radius 1 is 1.14 bits per heavy atom. The van der Waals surface area contributed by atoms with Crippen LogP contribution in [0.15, 0.2) is 67.0 Å². The van der Waals surface area contributed by atoms with Gasteiger partial charge in [-0.2, -0.15) is 23.3 Å². The summed E-state index contributed by atoms with van der Waals surface area (Å²) in [7, 11) is 0. The standard InChI is InChI=1S/C25H19ClF3N7O/c1-14-19(20-9-10-31-36(20)18-7-5-17(30)6-8-18)13-35-23(33-24(34-35)32-21(37)12-26)22(14)15-3-2-4-16(11-15)25(27,28)29/h2-11,13H,12,30H2,1H3,(H,32,34,37). The van der Waals surface area contributed by atoms with Gasteiger partial charge in [0.1, 0.15) is 5.88 Å². The van der Waals surface area contributed by atoms with Gasteiger partial charge < -0.3 is 5.73 Å². The summed E-state index contributed by atoms with van der Waals surface area (Å²) >= 11 is 5.59. The number of nitrogen functional groups attached to an aromatic ring is 1. The third kappa shape index (κ3) is 4.60. The number of carbonyl (C=O) groups excluding carboxylic acids is 1. The first-order valence-corrected chi connectivity index (χ1v) is 11.5. The number of pyridine rings is 1. The van der Waals surface area contributed by atoms with Gasteiger partial charge in [0.05, 0.1) is 23.1 Å². The van der Waals surface area contributed by atoms with E-state index in [1.807, 2.05) is 12.1 Å². The molecule has 0 spiro atoms.